The van der Waals surface area contributed by atoms with Crippen LogP contribution in [0.15, 0.2) is 36.7 Å². The van der Waals surface area contributed by atoms with Gasteiger partial charge in [-0.05, 0) is 42.9 Å². The van der Waals surface area contributed by atoms with E-state index in [4.69, 9.17) is 12.2 Å². The maximum absolute atomic E-state index is 12.9. The summed E-state index contributed by atoms with van der Waals surface area (Å²) in [7, 11) is 0. The van der Waals surface area contributed by atoms with Gasteiger partial charge in [-0.3, -0.25) is 14.7 Å². The molecule has 0 unspecified atom stereocenters. The molecule has 5 nitrogen and oxygen atoms in total. The Kier molecular flexibility index (Phi) is 5.32. The Morgan fingerprint density at radius 1 is 1.25 bits per heavy atom. The maximum atomic E-state index is 12.9. The molecule has 1 N–H and O–H groups in total. The van der Waals surface area contributed by atoms with Gasteiger partial charge in [-0.25, -0.2) is 4.98 Å². The minimum absolute atomic E-state index is 0.0560. The molecule has 124 valence electrons. The predicted molar refractivity (Wildman–Crippen MR) is 100 cm³/mol. The van der Waals surface area contributed by atoms with E-state index < -0.39 is 0 Å². The summed E-state index contributed by atoms with van der Waals surface area (Å²) in [5.74, 6) is 0.602. The lowest BCUT2D eigenvalue weighted by molar-refractivity contribution is 0.0985. The third-order valence-electron chi connectivity index (χ3n) is 3.71. The largest absolute Gasteiger partial charge is 0.336 e. The van der Waals surface area contributed by atoms with Crippen LogP contribution >= 0.6 is 23.6 Å². The number of carbonyl (C=O) groups is 1. The molecule has 0 radical (unpaired) electrons. The summed E-state index contributed by atoms with van der Waals surface area (Å²) < 4.78 is 0.688. The average Bonchev–Trinajstić information content (AvgIpc) is 2.98. The Morgan fingerprint density at radius 2 is 2.04 bits per heavy atom. The van der Waals surface area contributed by atoms with E-state index in [9.17, 15) is 4.79 Å². The van der Waals surface area contributed by atoms with Crippen molar-refractivity contribution in [1.29, 1.82) is 0 Å². The van der Waals surface area contributed by atoms with E-state index in [0.717, 1.165) is 29.6 Å². The molecule has 0 aliphatic rings. The van der Waals surface area contributed by atoms with Gasteiger partial charge in [0.2, 0.25) is 0 Å². The number of amides is 1. The first-order valence-electron chi connectivity index (χ1n) is 7.91. The Morgan fingerprint density at radius 3 is 2.79 bits per heavy atom. The molecule has 0 fully saturated rings. The molecule has 0 saturated carbocycles. The number of unbranched alkanes of at least 4 members (excludes halogenated alkanes) is 2. The number of H-pyrrole nitrogens is 1. The molecule has 7 heteroatoms. The number of anilines is 1. The molecule has 0 aliphatic heterocycles. The van der Waals surface area contributed by atoms with E-state index in [0.29, 0.717) is 21.9 Å². The van der Waals surface area contributed by atoms with Crippen LogP contribution in [0.4, 0.5) is 5.82 Å². The summed E-state index contributed by atoms with van der Waals surface area (Å²) in [5.41, 5.74) is 1.52. The molecular weight excluding hydrogens is 340 g/mol. The van der Waals surface area contributed by atoms with Gasteiger partial charge in [0, 0.05) is 24.5 Å². The van der Waals surface area contributed by atoms with Crippen LogP contribution in [0.5, 0.6) is 0 Å². The van der Waals surface area contributed by atoms with Gasteiger partial charge in [-0.15, -0.1) is 0 Å². The number of hydrogen-bond acceptors (Lipinski definition) is 5. The molecule has 0 saturated heterocycles. The minimum atomic E-state index is -0.0560. The van der Waals surface area contributed by atoms with E-state index in [2.05, 4.69) is 21.9 Å². The average molecular weight is 358 g/mol. The van der Waals surface area contributed by atoms with Gasteiger partial charge < -0.3 is 4.98 Å². The molecule has 0 spiro atoms. The topological polar surface area (TPSA) is 61.9 Å². The Labute approximate surface area is 149 Å². The second-order valence-electron chi connectivity index (χ2n) is 5.44. The number of aromatic nitrogens is 3. The van der Waals surface area contributed by atoms with Crippen LogP contribution in [0.3, 0.4) is 0 Å². The molecule has 0 aliphatic carbocycles. The fourth-order valence-electron chi connectivity index (χ4n) is 2.47. The van der Waals surface area contributed by atoms with E-state index in [1.54, 1.807) is 29.4 Å². The van der Waals surface area contributed by atoms with E-state index in [1.807, 2.05) is 12.1 Å². The van der Waals surface area contributed by atoms with Gasteiger partial charge in [0.25, 0.3) is 5.91 Å². The standard InChI is InChI=1S/C17H18N4OS2/c1-2-3-4-11-21(16(22)12-7-9-18-10-8-12)14-6-5-13-15(20-14)24-17(23)19-13/h5-10H,2-4,11H2,1H3,(H,19,23). The molecule has 0 atom stereocenters. The van der Waals surface area contributed by atoms with E-state index in [-0.39, 0.29) is 5.91 Å². The monoisotopic (exact) mass is 358 g/mol. The molecule has 0 bridgehead atoms. The van der Waals surface area contributed by atoms with Crippen molar-refractivity contribution in [3.05, 3.63) is 46.2 Å². The zero-order valence-corrected chi connectivity index (χ0v) is 15.0. The molecule has 0 aromatic carbocycles. The molecular formula is C17H18N4OS2. The van der Waals surface area contributed by atoms with Crippen molar-refractivity contribution in [2.75, 3.05) is 11.4 Å². The van der Waals surface area contributed by atoms with Crippen LogP contribution in [0.1, 0.15) is 36.5 Å². The molecule has 3 heterocycles. The van der Waals surface area contributed by atoms with Crippen LogP contribution in [0, 0.1) is 3.95 Å². The number of nitrogens with one attached hydrogen (secondary N) is 1. The highest BCUT2D eigenvalue weighted by molar-refractivity contribution is 7.73. The molecule has 3 aromatic rings. The quantitative estimate of drug-likeness (QED) is 0.517. The number of aromatic amines is 1. The number of nitrogens with zero attached hydrogens (tertiary/aromatic N) is 3. The number of pyridine rings is 2. The first-order valence-corrected chi connectivity index (χ1v) is 9.13. The van der Waals surface area contributed by atoms with Gasteiger partial charge in [-0.2, -0.15) is 0 Å². The van der Waals surface area contributed by atoms with Crippen LogP contribution in [0.2, 0.25) is 0 Å². The number of fused-ring (bicyclic) bond motifs is 1. The lowest BCUT2D eigenvalue weighted by Crippen LogP contribution is -2.32. The van der Waals surface area contributed by atoms with Crippen molar-refractivity contribution in [1.82, 2.24) is 15.0 Å². The highest BCUT2D eigenvalue weighted by Gasteiger charge is 2.19. The number of thiazole rings is 1. The van der Waals surface area contributed by atoms with Gasteiger partial charge in [0.05, 0.1) is 5.52 Å². The van der Waals surface area contributed by atoms with Gasteiger partial charge in [0.1, 0.15) is 10.6 Å². The number of carbonyl (C=O) groups excluding carboxylic acids is 1. The van der Waals surface area contributed by atoms with Gasteiger partial charge in [0.15, 0.2) is 3.95 Å². The molecule has 3 rings (SSSR count). The maximum Gasteiger partial charge on any atom is 0.259 e. The second-order valence-corrected chi connectivity index (χ2v) is 7.10. The molecule has 1 amide bonds. The third kappa shape index (κ3) is 3.68. The van der Waals surface area contributed by atoms with Crippen LogP contribution in [0.25, 0.3) is 10.3 Å². The Bertz CT molecular complexity index is 888. The van der Waals surface area contributed by atoms with Gasteiger partial charge >= 0.3 is 0 Å². The second kappa shape index (κ2) is 7.63. The Balaban J connectivity index is 1.95. The van der Waals surface area contributed by atoms with Crippen LogP contribution in [-0.4, -0.2) is 27.4 Å². The summed E-state index contributed by atoms with van der Waals surface area (Å²) in [6, 6.07) is 7.25. The molecule has 24 heavy (non-hydrogen) atoms. The van der Waals surface area contributed by atoms with Crippen molar-refractivity contribution in [2.45, 2.75) is 26.2 Å². The predicted octanol–water partition coefficient (Wildman–Crippen LogP) is 4.59. The molecule has 3 aromatic heterocycles. The fraction of sp³-hybridized carbons (Fsp3) is 0.294. The summed E-state index contributed by atoms with van der Waals surface area (Å²) in [4.78, 5) is 27.2. The van der Waals surface area contributed by atoms with E-state index in [1.165, 1.54) is 11.3 Å². The van der Waals surface area contributed by atoms with Crippen molar-refractivity contribution >= 4 is 45.6 Å². The highest BCUT2D eigenvalue weighted by Crippen LogP contribution is 2.23. The number of hydrogen-bond donors (Lipinski definition) is 1. The fourth-order valence-corrected chi connectivity index (χ4v) is 3.52. The van der Waals surface area contributed by atoms with Gasteiger partial charge in [-0.1, -0.05) is 31.1 Å². The summed E-state index contributed by atoms with van der Waals surface area (Å²) in [5, 5.41) is 0. The minimum Gasteiger partial charge on any atom is -0.336 e. The zero-order chi connectivity index (χ0) is 16.9. The third-order valence-corrected chi connectivity index (χ3v) is 4.85. The first kappa shape index (κ1) is 16.7. The number of rotatable bonds is 6. The normalized spacial score (nSPS) is 10.9. The van der Waals surface area contributed by atoms with Crippen LogP contribution in [-0.2, 0) is 0 Å². The lowest BCUT2D eigenvalue weighted by atomic mass is 10.2. The van der Waals surface area contributed by atoms with Crippen molar-refractivity contribution in [3.8, 4) is 0 Å². The smallest absolute Gasteiger partial charge is 0.259 e. The zero-order valence-electron chi connectivity index (χ0n) is 13.4. The summed E-state index contributed by atoms with van der Waals surface area (Å²) in [6.07, 6.45) is 6.38. The van der Waals surface area contributed by atoms with Crippen molar-refractivity contribution in [3.63, 3.8) is 0 Å². The SMILES string of the molecule is CCCCCN(C(=O)c1ccncc1)c1ccc2[nH]c(=S)sc2n1. The Hall–Kier alpha value is -2.12. The summed E-state index contributed by atoms with van der Waals surface area (Å²) in [6.45, 7) is 2.79. The lowest BCUT2D eigenvalue weighted by Gasteiger charge is -2.21. The van der Waals surface area contributed by atoms with Crippen LogP contribution < -0.4 is 4.90 Å². The van der Waals surface area contributed by atoms with Crippen molar-refractivity contribution < 1.29 is 4.79 Å². The first-order chi connectivity index (χ1) is 11.7. The van der Waals surface area contributed by atoms with E-state index >= 15 is 0 Å². The summed E-state index contributed by atoms with van der Waals surface area (Å²) >= 11 is 6.59. The highest BCUT2D eigenvalue weighted by atomic mass is 32.1. The van der Waals surface area contributed by atoms with Crippen molar-refractivity contribution in [2.24, 2.45) is 0 Å².